The van der Waals surface area contributed by atoms with Gasteiger partial charge in [-0.1, -0.05) is 0 Å². The zero-order valence-electron chi connectivity index (χ0n) is 11.1. The number of non-ortho nitro benzene ring substituents is 1. The van der Waals surface area contributed by atoms with E-state index in [1.807, 2.05) is 0 Å². The lowest BCUT2D eigenvalue weighted by molar-refractivity contribution is -0.385. The second kappa shape index (κ2) is 5.66. The fourth-order valence-corrected chi connectivity index (χ4v) is 1.99. The van der Waals surface area contributed by atoms with Crippen LogP contribution in [-0.4, -0.2) is 15.1 Å². The molecule has 0 amide bonds. The molecule has 2 rings (SSSR count). The van der Waals surface area contributed by atoms with E-state index in [1.165, 1.54) is 24.3 Å². The summed E-state index contributed by atoms with van der Waals surface area (Å²) >= 11 is 0. The molecule has 0 bridgehead atoms. The number of phenolic OH excluding ortho intramolecular Hbond substituents is 2. The molecule has 2 aromatic rings. The number of nitrogens with one attached hydrogen (secondary N) is 1. The van der Waals surface area contributed by atoms with E-state index in [4.69, 9.17) is 0 Å². The highest BCUT2D eigenvalue weighted by molar-refractivity contribution is 5.54. The van der Waals surface area contributed by atoms with Gasteiger partial charge in [-0.25, -0.2) is 4.39 Å². The molecule has 0 aliphatic rings. The number of aromatic hydroxyl groups is 2. The van der Waals surface area contributed by atoms with Gasteiger partial charge in [0, 0.05) is 23.4 Å². The van der Waals surface area contributed by atoms with E-state index in [0.29, 0.717) is 5.56 Å². The first-order valence-electron chi connectivity index (χ1n) is 6.10. The highest BCUT2D eigenvalue weighted by atomic mass is 19.1. The highest BCUT2D eigenvalue weighted by Crippen LogP contribution is 2.31. The van der Waals surface area contributed by atoms with Crippen molar-refractivity contribution in [2.24, 2.45) is 0 Å². The SMILES string of the molecule is CC(Nc1cc(F)cc([N+](=O)[O-])c1)c1ccc(O)cc1O. The Morgan fingerprint density at radius 3 is 2.57 bits per heavy atom. The van der Waals surface area contributed by atoms with Crippen LogP contribution in [0.5, 0.6) is 11.5 Å². The van der Waals surface area contributed by atoms with Crippen LogP contribution in [0.1, 0.15) is 18.5 Å². The van der Waals surface area contributed by atoms with Gasteiger partial charge in [0.1, 0.15) is 17.3 Å². The Labute approximate surface area is 119 Å². The van der Waals surface area contributed by atoms with Gasteiger partial charge in [0.25, 0.3) is 5.69 Å². The molecule has 0 radical (unpaired) electrons. The molecule has 0 aromatic heterocycles. The third-order valence-electron chi connectivity index (χ3n) is 2.96. The minimum Gasteiger partial charge on any atom is -0.508 e. The Bertz CT molecular complexity index is 691. The molecule has 1 unspecified atom stereocenters. The number of halogens is 1. The van der Waals surface area contributed by atoms with Crippen molar-refractivity contribution in [3.05, 3.63) is 57.9 Å². The van der Waals surface area contributed by atoms with Gasteiger partial charge in [-0.2, -0.15) is 0 Å². The third-order valence-corrected chi connectivity index (χ3v) is 2.96. The molecule has 0 saturated heterocycles. The number of anilines is 1. The molecule has 3 N–H and O–H groups in total. The summed E-state index contributed by atoms with van der Waals surface area (Å²) in [5.41, 5.74) is 0.334. The molecule has 0 heterocycles. The lowest BCUT2D eigenvalue weighted by Crippen LogP contribution is -2.07. The van der Waals surface area contributed by atoms with Crippen molar-refractivity contribution >= 4 is 11.4 Å². The third kappa shape index (κ3) is 3.38. The van der Waals surface area contributed by atoms with Crippen LogP contribution < -0.4 is 5.32 Å². The highest BCUT2D eigenvalue weighted by Gasteiger charge is 2.14. The zero-order valence-corrected chi connectivity index (χ0v) is 11.1. The van der Waals surface area contributed by atoms with Crippen molar-refractivity contribution in [1.82, 2.24) is 0 Å². The summed E-state index contributed by atoms with van der Waals surface area (Å²) in [6.45, 7) is 1.70. The normalized spacial score (nSPS) is 11.9. The lowest BCUT2D eigenvalue weighted by atomic mass is 10.1. The fraction of sp³-hybridized carbons (Fsp3) is 0.143. The standard InChI is InChI=1S/C14H13FN2O4/c1-8(13-3-2-12(18)7-14(13)19)16-10-4-9(15)5-11(6-10)17(20)21/h2-8,16,18-19H,1H3. The number of nitrogens with zero attached hydrogens (tertiary/aromatic N) is 1. The van der Waals surface area contributed by atoms with Crippen LogP contribution in [0.15, 0.2) is 36.4 Å². The van der Waals surface area contributed by atoms with Crippen molar-refractivity contribution in [3.63, 3.8) is 0 Å². The van der Waals surface area contributed by atoms with E-state index < -0.39 is 16.8 Å². The molecule has 0 aliphatic carbocycles. The molecule has 110 valence electrons. The molecule has 2 aromatic carbocycles. The summed E-state index contributed by atoms with van der Waals surface area (Å²) in [7, 11) is 0. The summed E-state index contributed by atoms with van der Waals surface area (Å²) < 4.78 is 13.3. The first-order chi connectivity index (χ1) is 9.86. The van der Waals surface area contributed by atoms with Gasteiger partial charge in [0.05, 0.1) is 17.0 Å². The van der Waals surface area contributed by atoms with Crippen LogP contribution in [0.4, 0.5) is 15.8 Å². The minimum absolute atomic E-state index is 0.0788. The maximum Gasteiger partial charge on any atom is 0.274 e. The number of rotatable bonds is 4. The van der Waals surface area contributed by atoms with Gasteiger partial charge < -0.3 is 15.5 Å². The second-order valence-corrected chi connectivity index (χ2v) is 4.56. The van der Waals surface area contributed by atoms with Gasteiger partial charge in [-0.05, 0) is 25.1 Å². The van der Waals surface area contributed by atoms with Gasteiger partial charge in [-0.3, -0.25) is 10.1 Å². The topological polar surface area (TPSA) is 95.6 Å². The number of nitro benzene ring substituents is 1. The second-order valence-electron chi connectivity index (χ2n) is 4.56. The largest absolute Gasteiger partial charge is 0.508 e. The van der Waals surface area contributed by atoms with Gasteiger partial charge in [0.2, 0.25) is 0 Å². The van der Waals surface area contributed by atoms with Crippen molar-refractivity contribution in [3.8, 4) is 11.5 Å². The number of benzene rings is 2. The molecule has 1 atom stereocenters. The van der Waals surface area contributed by atoms with Crippen LogP contribution in [0, 0.1) is 15.9 Å². The number of hydrogen-bond acceptors (Lipinski definition) is 5. The Balaban J connectivity index is 2.27. The number of phenols is 2. The van der Waals surface area contributed by atoms with Crippen LogP contribution in [0.3, 0.4) is 0 Å². The van der Waals surface area contributed by atoms with E-state index >= 15 is 0 Å². The maximum absolute atomic E-state index is 13.3. The predicted octanol–water partition coefficient (Wildman–Crippen LogP) is 3.32. The van der Waals surface area contributed by atoms with E-state index in [0.717, 1.165) is 12.1 Å². The van der Waals surface area contributed by atoms with Gasteiger partial charge in [-0.15, -0.1) is 0 Å². The molecule has 7 heteroatoms. The quantitative estimate of drug-likeness (QED) is 0.593. The van der Waals surface area contributed by atoms with E-state index in [1.54, 1.807) is 6.92 Å². The van der Waals surface area contributed by atoms with Gasteiger partial charge >= 0.3 is 0 Å². The molecular weight excluding hydrogens is 279 g/mol. The summed E-state index contributed by atoms with van der Waals surface area (Å²) in [5.74, 6) is -0.931. The number of hydrogen-bond donors (Lipinski definition) is 3. The molecular formula is C14H13FN2O4. The van der Waals surface area contributed by atoms with E-state index in [-0.39, 0.29) is 22.9 Å². The van der Waals surface area contributed by atoms with Crippen LogP contribution in [-0.2, 0) is 0 Å². The Kier molecular flexibility index (Phi) is 3.93. The first kappa shape index (κ1) is 14.6. The molecule has 0 spiro atoms. The average Bonchev–Trinajstić information content (AvgIpc) is 2.37. The predicted molar refractivity (Wildman–Crippen MR) is 74.9 cm³/mol. The van der Waals surface area contributed by atoms with Crippen molar-refractivity contribution in [2.75, 3.05) is 5.32 Å². The fourth-order valence-electron chi connectivity index (χ4n) is 1.99. The van der Waals surface area contributed by atoms with Gasteiger partial charge in [0.15, 0.2) is 0 Å². The smallest absolute Gasteiger partial charge is 0.274 e. The first-order valence-corrected chi connectivity index (χ1v) is 6.10. The molecule has 21 heavy (non-hydrogen) atoms. The van der Waals surface area contributed by atoms with Crippen molar-refractivity contribution in [1.29, 1.82) is 0 Å². The monoisotopic (exact) mass is 292 g/mol. The maximum atomic E-state index is 13.3. The molecule has 0 saturated carbocycles. The molecule has 0 aliphatic heterocycles. The van der Waals surface area contributed by atoms with Crippen LogP contribution >= 0.6 is 0 Å². The summed E-state index contributed by atoms with van der Waals surface area (Å²) in [6, 6.07) is 6.82. The Morgan fingerprint density at radius 2 is 1.95 bits per heavy atom. The lowest BCUT2D eigenvalue weighted by Gasteiger charge is -2.17. The zero-order chi connectivity index (χ0) is 15.6. The van der Waals surface area contributed by atoms with Crippen molar-refractivity contribution in [2.45, 2.75) is 13.0 Å². The minimum atomic E-state index is -0.728. The van der Waals surface area contributed by atoms with E-state index in [2.05, 4.69) is 5.32 Å². The summed E-state index contributed by atoms with van der Waals surface area (Å²) in [5, 5.41) is 32.6. The average molecular weight is 292 g/mol. The summed E-state index contributed by atoms with van der Waals surface area (Å²) in [6.07, 6.45) is 0. The van der Waals surface area contributed by atoms with Crippen LogP contribution in [0.2, 0.25) is 0 Å². The Hall–Kier alpha value is -2.83. The Morgan fingerprint density at radius 1 is 1.24 bits per heavy atom. The number of nitro groups is 1. The molecule has 0 fully saturated rings. The summed E-state index contributed by atoms with van der Waals surface area (Å²) in [4.78, 5) is 10.0. The van der Waals surface area contributed by atoms with E-state index in [9.17, 15) is 24.7 Å². The molecule has 6 nitrogen and oxygen atoms in total. The van der Waals surface area contributed by atoms with Crippen molar-refractivity contribution < 1.29 is 19.5 Å². The van der Waals surface area contributed by atoms with Crippen LogP contribution in [0.25, 0.3) is 0 Å².